The fourth-order valence-corrected chi connectivity index (χ4v) is 1.96. The third-order valence-electron chi connectivity index (χ3n) is 2.65. The van der Waals surface area contributed by atoms with Gasteiger partial charge in [0.05, 0.1) is 12.4 Å². The summed E-state index contributed by atoms with van der Waals surface area (Å²) in [6.07, 6.45) is 4.55. The van der Waals surface area contributed by atoms with Crippen molar-refractivity contribution < 1.29 is 4.74 Å². The highest BCUT2D eigenvalue weighted by atomic mass is 16.5. The van der Waals surface area contributed by atoms with E-state index in [1.54, 1.807) is 0 Å². The van der Waals surface area contributed by atoms with Gasteiger partial charge in [0.25, 0.3) is 0 Å². The van der Waals surface area contributed by atoms with E-state index >= 15 is 0 Å². The Bertz CT molecular complexity index is 313. The molecule has 1 atom stereocenters. The molecule has 0 spiro atoms. The van der Waals surface area contributed by atoms with Gasteiger partial charge in [-0.25, -0.2) is 0 Å². The molecule has 74 valence electrons. The fourth-order valence-electron chi connectivity index (χ4n) is 1.96. The maximum absolute atomic E-state index is 5.52. The molecule has 0 saturated carbocycles. The summed E-state index contributed by atoms with van der Waals surface area (Å²) in [5.74, 6) is 1.74. The van der Waals surface area contributed by atoms with Gasteiger partial charge >= 0.3 is 0 Å². The summed E-state index contributed by atoms with van der Waals surface area (Å²) in [5.41, 5.74) is 1.40. The smallest absolute Gasteiger partial charge is 0.0926 e. The first-order valence-electron chi connectivity index (χ1n) is 5.28. The molecule has 1 nitrogen and oxygen atoms in total. The molecule has 1 aliphatic rings. The number of hydrogen-bond acceptors (Lipinski definition) is 1. The summed E-state index contributed by atoms with van der Waals surface area (Å²) in [5, 5.41) is 0. The zero-order valence-electron chi connectivity index (χ0n) is 8.57. The summed E-state index contributed by atoms with van der Waals surface area (Å²) in [6.45, 7) is 2.82. The van der Waals surface area contributed by atoms with Gasteiger partial charge in [-0.3, -0.25) is 0 Å². The van der Waals surface area contributed by atoms with Crippen LogP contribution in [0.5, 0.6) is 0 Å². The predicted octanol–water partition coefficient (Wildman–Crippen LogP) is 3.48. The molecule has 0 aliphatic heterocycles. The Morgan fingerprint density at radius 1 is 1.29 bits per heavy atom. The minimum atomic E-state index is 0.567. The van der Waals surface area contributed by atoms with Crippen LogP contribution in [-0.4, -0.2) is 6.61 Å². The van der Waals surface area contributed by atoms with Crippen molar-refractivity contribution in [2.75, 3.05) is 6.61 Å². The lowest BCUT2D eigenvalue weighted by atomic mass is 9.99. The molecule has 0 saturated heterocycles. The number of ether oxygens (including phenoxy) is 1. The SMILES string of the molecule is CCOC1=CC(c2ccccc2)CC1. The monoisotopic (exact) mass is 188 g/mol. The molecule has 0 amide bonds. The minimum absolute atomic E-state index is 0.567. The molecule has 2 rings (SSSR count). The second kappa shape index (κ2) is 4.32. The lowest BCUT2D eigenvalue weighted by molar-refractivity contribution is 0.223. The van der Waals surface area contributed by atoms with E-state index in [0.29, 0.717) is 5.92 Å². The van der Waals surface area contributed by atoms with E-state index < -0.39 is 0 Å². The number of benzene rings is 1. The van der Waals surface area contributed by atoms with Gasteiger partial charge in [-0.1, -0.05) is 30.3 Å². The van der Waals surface area contributed by atoms with Gasteiger partial charge in [0.15, 0.2) is 0 Å². The summed E-state index contributed by atoms with van der Waals surface area (Å²) >= 11 is 0. The summed E-state index contributed by atoms with van der Waals surface area (Å²) < 4.78 is 5.52. The van der Waals surface area contributed by atoms with Crippen molar-refractivity contribution in [1.29, 1.82) is 0 Å². The van der Waals surface area contributed by atoms with Crippen molar-refractivity contribution in [2.45, 2.75) is 25.7 Å². The Morgan fingerprint density at radius 2 is 2.07 bits per heavy atom. The standard InChI is InChI=1S/C13H16O/c1-2-14-13-9-8-12(10-13)11-6-4-3-5-7-11/h3-7,10,12H,2,8-9H2,1H3. The first-order valence-corrected chi connectivity index (χ1v) is 5.28. The van der Waals surface area contributed by atoms with Gasteiger partial charge in [0.1, 0.15) is 0 Å². The number of hydrogen-bond donors (Lipinski definition) is 0. The van der Waals surface area contributed by atoms with Crippen molar-refractivity contribution in [1.82, 2.24) is 0 Å². The molecule has 14 heavy (non-hydrogen) atoms. The van der Waals surface area contributed by atoms with Crippen molar-refractivity contribution >= 4 is 0 Å². The van der Waals surface area contributed by atoms with Crippen LogP contribution < -0.4 is 0 Å². The Labute approximate surface area is 85.4 Å². The Morgan fingerprint density at radius 3 is 2.79 bits per heavy atom. The van der Waals surface area contributed by atoms with Crippen molar-refractivity contribution in [2.24, 2.45) is 0 Å². The highest BCUT2D eigenvalue weighted by Gasteiger charge is 2.17. The number of allylic oxidation sites excluding steroid dienone is 2. The molecule has 0 radical (unpaired) electrons. The largest absolute Gasteiger partial charge is 0.499 e. The van der Waals surface area contributed by atoms with Crippen LogP contribution in [0.4, 0.5) is 0 Å². The molecule has 1 heteroatoms. The van der Waals surface area contributed by atoms with Gasteiger partial charge in [-0.15, -0.1) is 0 Å². The Kier molecular flexibility index (Phi) is 2.87. The summed E-state index contributed by atoms with van der Waals surface area (Å²) in [7, 11) is 0. The molecule has 0 bridgehead atoms. The molecule has 0 N–H and O–H groups in total. The summed E-state index contributed by atoms with van der Waals surface area (Å²) in [6, 6.07) is 10.6. The molecule has 1 aliphatic carbocycles. The lowest BCUT2D eigenvalue weighted by Gasteiger charge is -2.05. The van der Waals surface area contributed by atoms with Crippen molar-refractivity contribution in [3.05, 3.63) is 47.7 Å². The first-order chi connectivity index (χ1) is 6.90. The molecule has 1 unspecified atom stereocenters. The molecular formula is C13H16O. The Hall–Kier alpha value is -1.24. The highest BCUT2D eigenvalue weighted by Crippen LogP contribution is 2.32. The van der Waals surface area contributed by atoms with Crippen molar-refractivity contribution in [3.63, 3.8) is 0 Å². The van der Waals surface area contributed by atoms with Crippen LogP contribution >= 0.6 is 0 Å². The van der Waals surface area contributed by atoms with Gasteiger partial charge in [-0.2, -0.15) is 0 Å². The first kappa shape index (κ1) is 9.32. The van der Waals surface area contributed by atoms with E-state index in [-0.39, 0.29) is 0 Å². The van der Waals surface area contributed by atoms with Gasteiger partial charge in [0, 0.05) is 12.3 Å². The topological polar surface area (TPSA) is 9.23 Å². The van der Waals surface area contributed by atoms with Gasteiger partial charge in [-0.05, 0) is 25.0 Å². The molecule has 0 heterocycles. The zero-order valence-corrected chi connectivity index (χ0v) is 8.57. The quantitative estimate of drug-likeness (QED) is 0.705. The second-order valence-electron chi connectivity index (χ2n) is 3.62. The van der Waals surface area contributed by atoms with E-state index in [2.05, 4.69) is 36.4 Å². The number of rotatable bonds is 3. The van der Waals surface area contributed by atoms with E-state index in [4.69, 9.17) is 4.74 Å². The molecule has 1 aromatic rings. The molecular weight excluding hydrogens is 172 g/mol. The molecule has 1 aromatic carbocycles. The maximum atomic E-state index is 5.52. The lowest BCUT2D eigenvalue weighted by Crippen LogP contribution is -1.88. The summed E-state index contributed by atoms with van der Waals surface area (Å²) in [4.78, 5) is 0. The third-order valence-corrected chi connectivity index (χ3v) is 2.65. The highest BCUT2D eigenvalue weighted by molar-refractivity contribution is 5.27. The van der Waals surface area contributed by atoms with Crippen LogP contribution in [0.15, 0.2) is 42.2 Å². The van der Waals surface area contributed by atoms with Crippen LogP contribution in [0.2, 0.25) is 0 Å². The zero-order chi connectivity index (χ0) is 9.80. The molecule has 0 fully saturated rings. The second-order valence-corrected chi connectivity index (χ2v) is 3.62. The maximum Gasteiger partial charge on any atom is 0.0926 e. The molecule has 0 aromatic heterocycles. The van der Waals surface area contributed by atoms with E-state index in [9.17, 15) is 0 Å². The van der Waals surface area contributed by atoms with Crippen LogP contribution in [0, 0.1) is 0 Å². The predicted molar refractivity (Wildman–Crippen MR) is 58.1 cm³/mol. The minimum Gasteiger partial charge on any atom is -0.499 e. The van der Waals surface area contributed by atoms with Crippen LogP contribution in [0.3, 0.4) is 0 Å². The van der Waals surface area contributed by atoms with Gasteiger partial charge < -0.3 is 4.74 Å². The van der Waals surface area contributed by atoms with Crippen molar-refractivity contribution in [3.8, 4) is 0 Å². The van der Waals surface area contributed by atoms with Gasteiger partial charge in [0.2, 0.25) is 0 Å². The van der Waals surface area contributed by atoms with Crippen LogP contribution in [0.1, 0.15) is 31.2 Å². The average Bonchev–Trinajstić information content (AvgIpc) is 2.68. The van der Waals surface area contributed by atoms with Crippen LogP contribution in [0.25, 0.3) is 0 Å². The third kappa shape index (κ3) is 1.98. The van der Waals surface area contributed by atoms with Crippen LogP contribution in [-0.2, 0) is 4.74 Å². The normalized spacial score (nSPS) is 20.6. The Balaban J connectivity index is 2.08. The van der Waals surface area contributed by atoms with E-state index in [0.717, 1.165) is 13.0 Å². The van der Waals surface area contributed by atoms with E-state index in [1.807, 2.05) is 6.92 Å². The fraction of sp³-hybridized carbons (Fsp3) is 0.385. The average molecular weight is 188 g/mol. The van der Waals surface area contributed by atoms with E-state index in [1.165, 1.54) is 17.7 Å².